The molecule has 88 valence electrons. The van der Waals surface area contributed by atoms with Gasteiger partial charge in [-0.3, -0.25) is 4.79 Å². The number of carbonyl (C=O) groups excluding carboxylic acids is 1. The number of carbonyl (C=O) groups is 1. The molecule has 1 heterocycles. The first-order valence-electron chi connectivity index (χ1n) is 5.26. The van der Waals surface area contributed by atoms with Crippen LogP contribution in [0, 0.1) is 0 Å². The molecule has 0 bridgehead atoms. The molecule has 5 nitrogen and oxygen atoms in total. The number of primary amides is 1. The number of rotatable bonds is 6. The Bertz CT molecular complexity index is 338. The van der Waals surface area contributed by atoms with Crippen LogP contribution < -0.4 is 11.1 Å². The van der Waals surface area contributed by atoms with E-state index in [4.69, 9.17) is 10.8 Å². The van der Waals surface area contributed by atoms with Crippen molar-refractivity contribution in [3.05, 3.63) is 23.9 Å². The zero-order chi connectivity index (χ0) is 12.0. The molecule has 16 heavy (non-hydrogen) atoms. The molecule has 1 amide bonds. The molecule has 0 aliphatic carbocycles. The first-order chi connectivity index (χ1) is 7.63. The van der Waals surface area contributed by atoms with Gasteiger partial charge in [0.05, 0.1) is 5.56 Å². The molecule has 1 aromatic rings. The molecule has 0 aliphatic heterocycles. The van der Waals surface area contributed by atoms with E-state index in [0.717, 1.165) is 12.8 Å². The topological polar surface area (TPSA) is 88.2 Å². The number of anilines is 1. The highest BCUT2D eigenvalue weighted by atomic mass is 16.2. The molecule has 0 saturated heterocycles. The van der Waals surface area contributed by atoms with Crippen molar-refractivity contribution in [1.29, 1.82) is 0 Å². The standard InChI is InChI=1S/C11H17N3O2/c1-8(3-2-6-15)14-10-5-4-9(7-13-10)11(12)16/h4-5,7-8,15H,2-3,6H2,1H3,(H2,12,16)(H,13,14). The Balaban J connectivity index is 2.51. The first kappa shape index (κ1) is 12.4. The third kappa shape index (κ3) is 3.86. The molecule has 0 spiro atoms. The molecular formula is C11H17N3O2. The summed E-state index contributed by atoms with van der Waals surface area (Å²) in [6, 6.07) is 3.59. The Morgan fingerprint density at radius 1 is 1.62 bits per heavy atom. The van der Waals surface area contributed by atoms with Crippen LogP contribution in [0.4, 0.5) is 5.82 Å². The maximum absolute atomic E-state index is 10.8. The molecule has 0 fully saturated rings. The second kappa shape index (κ2) is 6.07. The van der Waals surface area contributed by atoms with Gasteiger partial charge in [0.2, 0.25) is 5.91 Å². The summed E-state index contributed by atoms with van der Waals surface area (Å²) in [4.78, 5) is 14.9. The van der Waals surface area contributed by atoms with E-state index in [0.29, 0.717) is 11.4 Å². The number of aliphatic hydroxyl groups excluding tert-OH is 1. The zero-order valence-electron chi connectivity index (χ0n) is 9.31. The number of nitrogens with two attached hydrogens (primary N) is 1. The van der Waals surface area contributed by atoms with Crippen molar-refractivity contribution in [2.45, 2.75) is 25.8 Å². The molecule has 1 rings (SSSR count). The molecule has 1 atom stereocenters. The van der Waals surface area contributed by atoms with Crippen molar-refractivity contribution < 1.29 is 9.90 Å². The first-order valence-corrected chi connectivity index (χ1v) is 5.26. The predicted molar refractivity (Wildman–Crippen MR) is 62.2 cm³/mol. The number of amides is 1. The lowest BCUT2D eigenvalue weighted by atomic mass is 10.2. The smallest absolute Gasteiger partial charge is 0.250 e. The minimum absolute atomic E-state index is 0.195. The van der Waals surface area contributed by atoms with E-state index in [1.807, 2.05) is 6.92 Å². The summed E-state index contributed by atoms with van der Waals surface area (Å²) >= 11 is 0. The Morgan fingerprint density at radius 3 is 2.88 bits per heavy atom. The Morgan fingerprint density at radius 2 is 2.38 bits per heavy atom. The van der Waals surface area contributed by atoms with Crippen molar-refractivity contribution in [2.75, 3.05) is 11.9 Å². The summed E-state index contributed by atoms with van der Waals surface area (Å²) in [7, 11) is 0. The third-order valence-electron chi connectivity index (χ3n) is 2.24. The van der Waals surface area contributed by atoms with Gasteiger partial charge in [0.15, 0.2) is 0 Å². The van der Waals surface area contributed by atoms with Crippen LogP contribution in [0.5, 0.6) is 0 Å². The molecule has 4 N–H and O–H groups in total. The van der Waals surface area contributed by atoms with Gasteiger partial charge in [-0.2, -0.15) is 0 Å². The second-order valence-corrected chi connectivity index (χ2v) is 3.71. The normalized spacial score (nSPS) is 12.1. The number of aromatic nitrogens is 1. The molecular weight excluding hydrogens is 206 g/mol. The number of nitrogens with zero attached hydrogens (tertiary/aromatic N) is 1. The predicted octanol–water partition coefficient (Wildman–Crippen LogP) is 0.753. The molecule has 5 heteroatoms. The largest absolute Gasteiger partial charge is 0.396 e. The number of pyridine rings is 1. The Labute approximate surface area is 94.7 Å². The van der Waals surface area contributed by atoms with Crippen molar-refractivity contribution >= 4 is 11.7 Å². The van der Waals surface area contributed by atoms with Crippen LogP contribution in [0.1, 0.15) is 30.1 Å². The van der Waals surface area contributed by atoms with E-state index < -0.39 is 5.91 Å². The summed E-state index contributed by atoms with van der Waals surface area (Å²) in [5.41, 5.74) is 5.50. The van der Waals surface area contributed by atoms with Gasteiger partial charge < -0.3 is 16.2 Å². The van der Waals surface area contributed by atoms with Gasteiger partial charge in [0, 0.05) is 18.8 Å². The highest BCUT2D eigenvalue weighted by molar-refractivity contribution is 5.92. The lowest BCUT2D eigenvalue weighted by Gasteiger charge is -2.13. The maximum atomic E-state index is 10.8. The average molecular weight is 223 g/mol. The fourth-order valence-electron chi connectivity index (χ4n) is 1.35. The highest BCUT2D eigenvalue weighted by Crippen LogP contribution is 2.08. The third-order valence-corrected chi connectivity index (χ3v) is 2.24. The van der Waals surface area contributed by atoms with Gasteiger partial charge in [-0.05, 0) is 31.9 Å². The second-order valence-electron chi connectivity index (χ2n) is 3.71. The van der Waals surface area contributed by atoms with Crippen LogP contribution >= 0.6 is 0 Å². The average Bonchev–Trinajstić information content (AvgIpc) is 2.27. The van der Waals surface area contributed by atoms with Gasteiger partial charge in [-0.1, -0.05) is 0 Å². The van der Waals surface area contributed by atoms with Crippen molar-refractivity contribution in [1.82, 2.24) is 4.98 Å². The van der Waals surface area contributed by atoms with Crippen LogP contribution in [-0.4, -0.2) is 28.6 Å². The summed E-state index contributed by atoms with van der Waals surface area (Å²) in [5.74, 6) is 0.225. The van der Waals surface area contributed by atoms with Crippen LogP contribution in [0.15, 0.2) is 18.3 Å². The van der Waals surface area contributed by atoms with Gasteiger partial charge in [0.25, 0.3) is 0 Å². The zero-order valence-corrected chi connectivity index (χ0v) is 9.31. The van der Waals surface area contributed by atoms with E-state index in [1.54, 1.807) is 12.1 Å². The van der Waals surface area contributed by atoms with Crippen LogP contribution in [0.2, 0.25) is 0 Å². The molecule has 0 radical (unpaired) electrons. The van der Waals surface area contributed by atoms with Crippen molar-refractivity contribution in [3.8, 4) is 0 Å². The molecule has 1 aromatic heterocycles. The monoisotopic (exact) mass is 223 g/mol. The van der Waals surface area contributed by atoms with Gasteiger partial charge in [0.1, 0.15) is 5.82 Å². The quantitative estimate of drug-likeness (QED) is 0.664. The van der Waals surface area contributed by atoms with Crippen LogP contribution in [0.25, 0.3) is 0 Å². The van der Waals surface area contributed by atoms with Crippen LogP contribution in [-0.2, 0) is 0 Å². The summed E-state index contributed by atoms with van der Waals surface area (Å²) in [6.07, 6.45) is 3.08. The summed E-state index contributed by atoms with van der Waals surface area (Å²) in [5, 5.41) is 11.9. The number of hydrogen-bond donors (Lipinski definition) is 3. The fourth-order valence-corrected chi connectivity index (χ4v) is 1.35. The van der Waals surface area contributed by atoms with E-state index in [2.05, 4.69) is 10.3 Å². The number of aliphatic hydroxyl groups is 1. The SMILES string of the molecule is CC(CCCO)Nc1ccc(C(N)=O)cn1. The van der Waals surface area contributed by atoms with E-state index >= 15 is 0 Å². The van der Waals surface area contributed by atoms with E-state index in [9.17, 15) is 4.79 Å². The van der Waals surface area contributed by atoms with Crippen molar-refractivity contribution in [3.63, 3.8) is 0 Å². The summed E-state index contributed by atoms with van der Waals surface area (Å²) < 4.78 is 0. The minimum atomic E-state index is -0.479. The number of hydrogen-bond acceptors (Lipinski definition) is 4. The van der Waals surface area contributed by atoms with Gasteiger partial charge in [-0.15, -0.1) is 0 Å². The molecule has 1 unspecified atom stereocenters. The minimum Gasteiger partial charge on any atom is -0.396 e. The van der Waals surface area contributed by atoms with Crippen LogP contribution in [0.3, 0.4) is 0 Å². The lowest BCUT2D eigenvalue weighted by Crippen LogP contribution is -2.17. The molecule has 0 aliphatic rings. The van der Waals surface area contributed by atoms with E-state index in [1.165, 1.54) is 6.20 Å². The maximum Gasteiger partial charge on any atom is 0.250 e. The molecule has 0 aromatic carbocycles. The summed E-state index contributed by atoms with van der Waals surface area (Å²) in [6.45, 7) is 2.21. The Kier molecular flexibility index (Phi) is 4.72. The number of nitrogens with one attached hydrogen (secondary N) is 1. The van der Waals surface area contributed by atoms with Gasteiger partial charge >= 0.3 is 0 Å². The fraction of sp³-hybridized carbons (Fsp3) is 0.455. The lowest BCUT2D eigenvalue weighted by molar-refractivity contribution is 0.1000. The highest BCUT2D eigenvalue weighted by Gasteiger charge is 2.04. The van der Waals surface area contributed by atoms with E-state index in [-0.39, 0.29) is 12.6 Å². The van der Waals surface area contributed by atoms with Gasteiger partial charge in [-0.25, -0.2) is 4.98 Å². The molecule has 0 saturated carbocycles. The Hall–Kier alpha value is -1.62. The van der Waals surface area contributed by atoms with Crippen molar-refractivity contribution in [2.24, 2.45) is 5.73 Å².